The maximum absolute atomic E-state index is 12.9. The van der Waals surface area contributed by atoms with Crippen molar-refractivity contribution in [2.45, 2.75) is 32.3 Å². The molecule has 1 saturated heterocycles. The van der Waals surface area contributed by atoms with Crippen molar-refractivity contribution in [2.24, 2.45) is 0 Å². The lowest BCUT2D eigenvalue weighted by Crippen LogP contribution is -2.39. The SMILES string of the molecule is CCOc1ccc2cc(C(=O)N(CCC(=O)O)CC3CCCO3)[nH]c2c1. The van der Waals surface area contributed by atoms with Gasteiger partial charge < -0.3 is 24.5 Å². The summed E-state index contributed by atoms with van der Waals surface area (Å²) in [5.74, 6) is -0.396. The predicted octanol–water partition coefficient (Wildman–Crippen LogP) is 2.66. The number of rotatable bonds is 8. The van der Waals surface area contributed by atoms with Crippen LogP contribution in [0, 0.1) is 0 Å². The maximum Gasteiger partial charge on any atom is 0.305 e. The minimum absolute atomic E-state index is 0.0262. The number of aliphatic carboxylic acids is 1. The molecular weight excluding hydrogens is 336 g/mol. The van der Waals surface area contributed by atoms with Crippen LogP contribution in [0.5, 0.6) is 5.75 Å². The second-order valence-electron chi connectivity index (χ2n) is 6.40. The van der Waals surface area contributed by atoms with Crippen LogP contribution in [-0.4, -0.2) is 59.3 Å². The first-order valence-electron chi connectivity index (χ1n) is 8.95. The molecule has 2 heterocycles. The second-order valence-corrected chi connectivity index (χ2v) is 6.40. The molecular formula is C19H24N2O5. The zero-order chi connectivity index (χ0) is 18.5. The van der Waals surface area contributed by atoms with Crippen LogP contribution in [0.2, 0.25) is 0 Å². The molecule has 26 heavy (non-hydrogen) atoms. The summed E-state index contributed by atoms with van der Waals surface area (Å²) >= 11 is 0. The van der Waals surface area contributed by atoms with Crippen molar-refractivity contribution in [3.05, 3.63) is 30.0 Å². The molecule has 1 aliphatic rings. The first-order valence-corrected chi connectivity index (χ1v) is 8.95. The van der Waals surface area contributed by atoms with Crippen molar-refractivity contribution >= 4 is 22.8 Å². The zero-order valence-corrected chi connectivity index (χ0v) is 14.9. The van der Waals surface area contributed by atoms with Crippen molar-refractivity contribution in [2.75, 3.05) is 26.3 Å². The molecule has 3 rings (SSSR count). The van der Waals surface area contributed by atoms with Crippen molar-refractivity contribution in [1.82, 2.24) is 9.88 Å². The fourth-order valence-corrected chi connectivity index (χ4v) is 3.19. The summed E-state index contributed by atoms with van der Waals surface area (Å²) in [7, 11) is 0. The number of aromatic amines is 1. The van der Waals surface area contributed by atoms with Gasteiger partial charge in [-0.3, -0.25) is 9.59 Å². The molecule has 2 aromatic rings. The lowest BCUT2D eigenvalue weighted by atomic mass is 10.2. The lowest BCUT2D eigenvalue weighted by Gasteiger charge is -2.24. The van der Waals surface area contributed by atoms with E-state index in [9.17, 15) is 9.59 Å². The number of hydrogen-bond acceptors (Lipinski definition) is 4. The molecule has 1 aromatic carbocycles. The molecule has 2 N–H and O–H groups in total. The number of H-pyrrole nitrogens is 1. The Morgan fingerprint density at radius 1 is 1.38 bits per heavy atom. The van der Waals surface area contributed by atoms with Gasteiger partial charge in [0.25, 0.3) is 5.91 Å². The minimum atomic E-state index is -0.923. The monoisotopic (exact) mass is 360 g/mol. The number of fused-ring (bicyclic) bond motifs is 1. The quantitative estimate of drug-likeness (QED) is 0.755. The fourth-order valence-electron chi connectivity index (χ4n) is 3.19. The number of ether oxygens (including phenoxy) is 2. The van der Waals surface area contributed by atoms with Crippen molar-refractivity contribution < 1.29 is 24.2 Å². The smallest absolute Gasteiger partial charge is 0.305 e. The van der Waals surface area contributed by atoms with Gasteiger partial charge in [-0.25, -0.2) is 0 Å². The standard InChI is InChI=1S/C19H24N2O5/c1-2-25-14-6-5-13-10-17(20-16(13)11-14)19(24)21(8-7-18(22)23)12-15-4-3-9-26-15/h5-6,10-11,15,20H,2-4,7-9,12H2,1H3,(H,22,23). The van der Waals surface area contributed by atoms with Gasteiger partial charge in [0.1, 0.15) is 11.4 Å². The Kier molecular flexibility index (Phi) is 5.78. The molecule has 1 aliphatic heterocycles. The summed E-state index contributed by atoms with van der Waals surface area (Å²) in [5.41, 5.74) is 1.26. The van der Waals surface area contributed by atoms with Gasteiger partial charge in [0.15, 0.2) is 0 Å². The Balaban J connectivity index is 1.79. The van der Waals surface area contributed by atoms with Crippen molar-refractivity contribution in [3.63, 3.8) is 0 Å². The van der Waals surface area contributed by atoms with Crippen LogP contribution in [0.15, 0.2) is 24.3 Å². The molecule has 7 nitrogen and oxygen atoms in total. The van der Waals surface area contributed by atoms with Crippen molar-refractivity contribution in [3.8, 4) is 5.75 Å². The Bertz CT molecular complexity index is 779. The van der Waals surface area contributed by atoms with Gasteiger partial charge in [-0.1, -0.05) is 0 Å². The van der Waals surface area contributed by atoms with Crippen LogP contribution in [0.25, 0.3) is 10.9 Å². The molecule has 1 fully saturated rings. The number of aromatic nitrogens is 1. The topological polar surface area (TPSA) is 91.9 Å². The molecule has 1 amide bonds. The zero-order valence-electron chi connectivity index (χ0n) is 14.9. The first-order chi connectivity index (χ1) is 12.6. The molecule has 1 unspecified atom stereocenters. The molecule has 140 valence electrons. The highest BCUT2D eigenvalue weighted by molar-refractivity contribution is 5.98. The first kappa shape index (κ1) is 18.3. The normalized spacial score (nSPS) is 16.7. The number of nitrogens with one attached hydrogen (secondary N) is 1. The van der Waals surface area contributed by atoms with Crippen LogP contribution in [0.3, 0.4) is 0 Å². The average Bonchev–Trinajstić information content (AvgIpc) is 3.27. The maximum atomic E-state index is 12.9. The summed E-state index contributed by atoms with van der Waals surface area (Å²) in [6.45, 7) is 3.75. The highest BCUT2D eigenvalue weighted by Crippen LogP contribution is 2.23. The van der Waals surface area contributed by atoms with Crippen LogP contribution < -0.4 is 4.74 Å². The second kappa shape index (κ2) is 8.23. The van der Waals surface area contributed by atoms with Gasteiger partial charge >= 0.3 is 5.97 Å². The third kappa shape index (κ3) is 4.35. The average molecular weight is 360 g/mol. The van der Waals surface area contributed by atoms with Gasteiger partial charge in [-0.05, 0) is 38.0 Å². The minimum Gasteiger partial charge on any atom is -0.494 e. The Morgan fingerprint density at radius 3 is 2.92 bits per heavy atom. The van der Waals surface area contributed by atoms with E-state index in [4.69, 9.17) is 14.6 Å². The molecule has 0 spiro atoms. The number of benzene rings is 1. The van der Waals surface area contributed by atoms with Crippen LogP contribution in [-0.2, 0) is 9.53 Å². The highest BCUT2D eigenvalue weighted by Gasteiger charge is 2.25. The van der Waals surface area contributed by atoms with E-state index in [1.807, 2.05) is 25.1 Å². The molecule has 1 atom stereocenters. The Morgan fingerprint density at radius 2 is 2.23 bits per heavy atom. The van der Waals surface area contributed by atoms with E-state index in [-0.39, 0.29) is 25.0 Å². The van der Waals surface area contributed by atoms with Gasteiger partial charge in [-0.2, -0.15) is 0 Å². The van der Waals surface area contributed by atoms with Gasteiger partial charge in [0, 0.05) is 36.7 Å². The van der Waals surface area contributed by atoms with E-state index in [1.54, 1.807) is 11.0 Å². The van der Waals surface area contributed by atoms with Crippen LogP contribution in [0.1, 0.15) is 36.7 Å². The summed E-state index contributed by atoms with van der Waals surface area (Å²) in [6, 6.07) is 7.41. The molecule has 0 saturated carbocycles. The molecule has 0 bridgehead atoms. The number of carboxylic acid groups (broad SMARTS) is 1. The summed E-state index contributed by atoms with van der Waals surface area (Å²) in [6.07, 6.45) is 1.74. The van der Waals surface area contributed by atoms with Gasteiger partial charge in [0.05, 0.1) is 19.1 Å². The van der Waals surface area contributed by atoms with E-state index in [0.717, 1.165) is 29.5 Å². The van der Waals surface area contributed by atoms with Crippen LogP contribution >= 0.6 is 0 Å². The van der Waals surface area contributed by atoms with Gasteiger partial charge in [-0.15, -0.1) is 0 Å². The van der Waals surface area contributed by atoms with Crippen molar-refractivity contribution in [1.29, 1.82) is 0 Å². The summed E-state index contributed by atoms with van der Waals surface area (Å²) < 4.78 is 11.1. The third-order valence-corrected chi connectivity index (χ3v) is 4.47. The summed E-state index contributed by atoms with van der Waals surface area (Å²) in [4.78, 5) is 28.6. The number of carbonyl (C=O) groups is 2. The Hall–Kier alpha value is -2.54. The molecule has 1 aromatic heterocycles. The van der Waals surface area contributed by atoms with E-state index < -0.39 is 5.97 Å². The number of nitrogens with zero attached hydrogens (tertiary/aromatic N) is 1. The molecule has 0 aliphatic carbocycles. The van der Waals surface area contributed by atoms with E-state index >= 15 is 0 Å². The predicted molar refractivity (Wildman–Crippen MR) is 96.6 cm³/mol. The van der Waals surface area contributed by atoms with E-state index in [2.05, 4.69) is 4.98 Å². The fraction of sp³-hybridized carbons (Fsp3) is 0.474. The Labute approximate surface area is 151 Å². The lowest BCUT2D eigenvalue weighted by molar-refractivity contribution is -0.137. The molecule has 7 heteroatoms. The number of carbonyl (C=O) groups excluding carboxylic acids is 1. The highest BCUT2D eigenvalue weighted by atomic mass is 16.5. The molecule has 0 radical (unpaired) electrons. The largest absolute Gasteiger partial charge is 0.494 e. The van der Waals surface area contributed by atoms with E-state index in [0.29, 0.717) is 25.5 Å². The van der Waals surface area contributed by atoms with E-state index in [1.165, 1.54) is 0 Å². The number of amides is 1. The third-order valence-electron chi connectivity index (χ3n) is 4.47. The number of carboxylic acids is 1. The van der Waals surface area contributed by atoms with Crippen LogP contribution in [0.4, 0.5) is 0 Å². The van der Waals surface area contributed by atoms with Gasteiger partial charge in [0.2, 0.25) is 0 Å². The number of hydrogen-bond donors (Lipinski definition) is 2. The summed E-state index contributed by atoms with van der Waals surface area (Å²) in [5, 5.41) is 9.89.